The molecule has 6 heteroatoms. The van der Waals surface area contributed by atoms with Crippen molar-refractivity contribution >= 4 is 23.6 Å². The third kappa shape index (κ3) is 2.85. The minimum Gasteiger partial charge on any atom is -0.480 e. The molecule has 1 fully saturated rings. The predicted octanol–water partition coefficient (Wildman–Crippen LogP) is -0.248. The maximum absolute atomic E-state index is 11.8. The summed E-state index contributed by atoms with van der Waals surface area (Å²) in [5.74, 6) is 0.0489. The summed E-state index contributed by atoms with van der Waals surface area (Å²) in [6, 6.07) is -1.29. The van der Waals surface area contributed by atoms with Crippen LogP contribution in [0.25, 0.3) is 0 Å². The smallest absolute Gasteiger partial charge is 0.327 e. The van der Waals surface area contributed by atoms with Crippen molar-refractivity contribution in [1.29, 1.82) is 0 Å². The van der Waals surface area contributed by atoms with Crippen molar-refractivity contribution in [3.05, 3.63) is 0 Å². The number of carboxylic acid groups (broad SMARTS) is 1. The molecule has 0 aromatic carbocycles. The van der Waals surface area contributed by atoms with Crippen LogP contribution in [-0.4, -0.2) is 52.0 Å². The average Bonchev–Trinajstić information content (AvgIpc) is 2.27. The fourth-order valence-corrected chi connectivity index (χ4v) is 2.50. The van der Waals surface area contributed by atoms with E-state index in [4.69, 9.17) is 10.8 Å². The molecule has 2 atom stereocenters. The van der Waals surface area contributed by atoms with Crippen molar-refractivity contribution in [1.82, 2.24) is 4.90 Å². The molecule has 2 unspecified atom stereocenters. The first-order valence-electron chi connectivity index (χ1n) is 4.94. The summed E-state index contributed by atoms with van der Waals surface area (Å²) in [5.41, 5.74) is 5.62. The molecule has 0 aliphatic carbocycles. The second kappa shape index (κ2) is 5.37. The van der Waals surface area contributed by atoms with Crippen LogP contribution in [0.2, 0.25) is 0 Å². The lowest BCUT2D eigenvalue weighted by molar-refractivity contribution is -0.149. The summed E-state index contributed by atoms with van der Waals surface area (Å²) in [5, 5.41) is 8.96. The Balaban J connectivity index is 2.71. The van der Waals surface area contributed by atoms with Gasteiger partial charge in [0.15, 0.2) is 0 Å². The standard InChI is InChI=1S/C9H16N2O3S/c1-2-6(10)8(12)11-3-4-15-5-7(11)9(13)14/h6-7H,2-5,10H2,1H3,(H,13,14). The summed E-state index contributed by atoms with van der Waals surface area (Å²) in [7, 11) is 0. The quantitative estimate of drug-likeness (QED) is 0.701. The second-order valence-electron chi connectivity index (χ2n) is 3.48. The highest BCUT2D eigenvalue weighted by molar-refractivity contribution is 7.99. The maximum atomic E-state index is 11.8. The molecular formula is C9H16N2O3S. The van der Waals surface area contributed by atoms with Crippen LogP contribution >= 0.6 is 11.8 Å². The molecule has 0 aromatic rings. The van der Waals surface area contributed by atoms with Crippen LogP contribution in [0.5, 0.6) is 0 Å². The number of carboxylic acids is 1. The zero-order valence-corrected chi connectivity index (χ0v) is 9.50. The zero-order chi connectivity index (χ0) is 11.4. The van der Waals surface area contributed by atoms with Gasteiger partial charge in [-0.25, -0.2) is 4.79 Å². The lowest BCUT2D eigenvalue weighted by Gasteiger charge is -2.34. The minimum absolute atomic E-state index is 0.245. The van der Waals surface area contributed by atoms with Crippen LogP contribution in [0, 0.1) is 0 Å². The van der Waals surface area contributed by atoms with Gasteiger partial charge in [0.05, 0.1) is 6.04 Å². The Labute approximate surface area is 93.0 Å². The van der Waals surface area contributed by atoms with Gasteiger partial charge in [0, 0.05) is 18.1 Å². The van der Waals surface area contributed by atoms with E-state index in [1.165, 1.54) is 4.90 Å². The van der Waals surface area contributed by atoms with Gasteiger partial charge in [-0.05, 0) is 6.42 Å². The van der Waals surface area contributed by atoms with Crippen LogP contribution in [0.4, 0.5) is 0 Å². The van der Waals surface area contributed by atoms with Crippen LogP contribution in [0.1, 0.15) is 13.3 Å². The number of thioether (sulfide) groups is 1. The van der Waals surface area contributed by atoms with Crippen molar-refractivity contribution in [3.8, 4) is 0 Å². The third-order valence-electron chi connectivity index (χ3n) is 2.45. The van der Waals surface area contributed by atoms with E-state index in [1.54, 1.807) is 11.8 Å². The Morgan fingerprint density at radius 1 is 1.67 bits per heavy atom. The van der Waals surface area contributed by atoms with E-state index in [0.29, 0.717) is 18.7 Å². The van der Waals surface area contributed by atoms with Crippen molar-refractivity contribution in [2.75, 3.05) is 18.1 Å². The number of hydrogen-bond acceptors (Lipinski definition) is 4. The van der Waals surface area contributed by atoms with Gasteiger partial charge < -0.3 is 15.7 Å². The molecular weight excluding hydrogens is 216 g/mol. The third-order valence-corrected chi connectivity index (χ3v) is 3.48. The van der Waals surface area contributed by atoms with Crippen LogP contribution in [0.3, 0.4) is 0 Å². The molecule has 0 aromatic heterocycles. The molecule has 1 saturated heterocycles. The monoisotopic (exact) mass is 232 g/mol. The Hall–Kier alpha value is -0.750. The molecule has 3 N–H and O–H groups in total. The topological polar surface area (TPSA) is 83.6 Å². The molecule has 86 valence electrons. The van der Waals surface area contributed by atoms with Crippen molar-refractivity contribution in [2.24, 2.45) is 5.73 Å². The number of rotatable bonds is 3. The second-order valence-corrected chi connectivity index (χ2v) is 4.63. The van der Waals surface area contributed by atoms with Gasteiger partial charge in [0.1, 0.15) is 6.04 Å². The highest BCUT2D eigenvalue weighted by atomic mass is 32.2. The number of nitrogens with zero attached hydrogens (tertiary/aromatic N) is 1. The Bertz CT molecular complexity index is 260. The van der Waals surface area contributed by atoms with Crippen molar-refractivity contribution in [2.45, 2.75) is 25.4 Å². The number of aliphatic carboxylic acids is 1. The van der Waals surface area contributed by atoms with E-state index in [0.717, 1.165) is 5.75 Å². The van der Waals surface area contributed by atoms with E-state index >= 15 is 0 Å². The molecule has 5 nitrogen and oxygen atoms in total. The summed E-state index contributed by atoms with van der Waals surface area (Å²) in [6.45, 7) is 2.30. The normalized spacial score (nSPS) is 23.6. The molecule has 0 radical (unpaired) electrons. The fraction of sp³-hybridized carbons (Fsp3) is 0.778. The van der Waals surface area contributed by atoms with Crippen molar-refractivity contribution in [3.63, 3.8) is 0 Å². The molecule has 1 amide bonds. The Morgan fingerprint density at radius 3 is 2.87 bits per heavy atom. The number of nitrogens with two attached hydrogens (primary N) is 1. The highest BCUT2D eigenvalue weighted by Crippen LogP contribution is 2.17. The van der Waals surface area contributed by atoms with Gasteiger partial charge in [-0.15, -0.1) is 0 Å². The SMILES string of the molecule is CCC(N)C(=O)N1CCSCC1C(=O)O. The Morgan fingerprint density at radius 2 is 2.33 bits per heavy atom. The van der Waals surface area contributed by atoms with Crippen molar-refractivity contribution < 1.29 is 14.7 Å². The summed E-state index contributed by atoms with van der Waals surface area (Å²) < 4.78 is 0. The average molecular weight is 232 g/mol. The van der Waals surface area contributed by atoms with Gasteiger partial charge in [0.2, 0.25) is 5.91 Å². The maximum Gasteiger partial charge on any atom is 0.327 e. The lowest BCUT2D eigenvalue weighted by atomic mass is 10.1. The van der Waals surface area contributed by atoms with Gasteiger partial charge in [-0.1, -0.05) is 6.92 Å². The number of carbonyl (C=O) groups is 2. The highest BCUT2D eigenvalue weighted by Gasteiger charge is 2.33. The molecule has 1 aliphatic rings. The summed E-state index contributed by atoms with van der Waals surface area (Å²) in [4.78, 5) is 24.1. The van der Waals surface area contributed by atoms with E-state index in [-0.39, 0.29) is 5.91 Å². The van der Waals surface area contributed by atoms with Gasteiger partial charge in [-0.2, -0.15) is 11.8 Å². The molecule has 0 saturated carbocycles. The predicted molar refractivity (Wildman–Crippen MR) is 58.7 cm³/mol. The fourth-order valence-electron chi connectivity index (χ4n) is 1.46. The molecule has 1 rings (SSSR count). The lowest BCUT2D eigenvalue weighted by Crippen LogP contribution is -2.55. The summed E-state index contributed by atoms with van der Waals surface area (Å²) in [6.07, 6.45) is 0.537. The van der Waals surface area contributed by atoms with E-state index in [2.05, 4.69) is 0 Å². The molecule has 0 bridgehead atoms. The first-order chi connectivity index (χ1) is 7.07. The molecule has 0 spiro atoms. The summed E-state index contributed by atoms with van der Waals surface area (Å²) >= 11 is 1.56. The van der Waals surface area contributed by atoms with Crippen LogP contribution in [0.15, 0.2) is 0 Å². The number of carbonyl (C=O) groups excluding carboxylic acids is 1. The zero-order valence-electron chi connectivity index (χ0n) is 8.68. The number of hydrogen-bond donors (Lipinski definition) is 2. The first kappa shape index (κ1) is 12.3. The van der Waals surface area contributed by atoms with E-state index < -0.39 is 18.1 Å². The molecule has 15 heavy (non-hydrogen) atoms. The van der Waals surface area contributed by atoms with Gasteiger partial charge >= 0.3 is 5.97 Å². The Kier molecular flexibility index (Phi) is 4.41. The number of amides is 1. The van der Waals surface area contributed by atoms with E-state index in [1.807, 2.05) is 6.92 Å². The van der Waals surface area contributed by atoms with Crippen LogP contribution in [-0.2, 0) is 9.59 Å². The van der Waals surface area contributed by atoms with Gasteiger partial charge in [-0.3, -0.25) is 4.79 Å². The first-order valence-corrected chi connectivity index (χ1v) is 6.10. The minimum atomic E-state index is -0.946. The largest absolute Gasteiger partial charge is 0.480 e. The molecule has 1 heterocycles. The molecule has 1 aliphatic heterocycles. The van der Waals surface area contributed by atoms with E-state index in [9.17, 15) is 9.59 Å². The van der Waals surface area contributed by atoms with Crippen LogP contribution < -0.4 is 5.73 Å². The van der Waals surface area contributed by atoms with Gasteiger partial charge in [0.25, 0.3) is 0 Å².